The van der Waals surface area contributed by atoms with Crippen molar-refractivity contribution < 1.29 is 29.3 Å². The van der Waals surface area contributed by atoms with Crippen molar-refractivity contribution in [2.24, 2.45) is 0 Å². The number of carboxylic acid groups (broad SMARTS) is 1. The van der Waals surface area contributed by atoms with Gasteiger partial charge in [-0.2, -0.15) is 0 Å². The summed E-state index contributed by atoms with van der Waals surface area (Å²) >= 11 is 0. The Labute approximate surface area is 171 Å². The number of carboxylic acids is 1. The first kappa shape index (κ1) is 20.9. The van der Waals surface area contributed by atoms with E-state index in [2.05, 4.69) is 5.32 Å². The van der Waals surface area contributed by atoms with Gasteiger partial charge in [-0.3, -0.25) is 4.79 Å². The summed E-state index contributed by atoms with van der Waals surface area (Å²) in [6.45, 7) is 3.33. The minimum Gasteiger partial charge on any atom is -0.548 e. The normalized spacial score (nSPS) is 11.9. The van der Waals surface area contributed by atoms with E-state index in [0.29, 0.717) is 22.1 Å². The van der Waals surface area contributed by atoms with E-state index in [1.54, 1.807) is 19.9 Å². The molecule has 0 bridgehead atoms. The second-order valence-corrected chi connectivity index (χ2v) is 7.14. The Bertz CT molecular complexity index is 1180. The molecule has 8 heteroatoms. The summed E-state index contributed by atoms with van der Waals surface area (Å²) in [7, 11) is 0. The zero-order valence-corrected chi connectivity index (χ0v) is 16.4. The van der Waals surface area contributed by atoms with Gasteiger partial charge in [-0.15, -0.1) is 0 Å². The lowest BCUT2D eigenvalue weighted by Gasteiger charge is -2.20. The number of hydrogen-bond acceptors (Lipinski definition) is 7. The average molecular weight is 410 g/mol. The highest BCUT2D eigenvalue weighted by Crippen LogP contribution is 2.29. The number of nitrogens with one attached hydrogen (secondary N) is 1. The molecule has 3 aromatic rings. The predicted octanol–water partition coefficient (Wildman–Crippen LogP) is 0.841. The number of carbonyl (C=O) groups excluding carboxylic acids is 2. The summed E-state index contributed by atoms with van der Waals surface area (Å²) in [5.74, 6) is -2.23. The highest BCUT2D eigenvalue weighted by molar-refractivity contribution is 5.90. The Balaban J connectivity index is 1.83. The van der Waals surface area contributed by atoms with Crippen molar-refractivity contribution >= 4 is 22.8 Å². The molecule has 8 nitrogen and oxygen atoms in total. The van der Waals surface area contributed by atoms with Gasteiger partial charge in [0.25, 0.3) is 0 Å². The third-order valence-electron chi connectivity index (χ3n) is 4.84. The molecule has 3 rings (SSSR count). The molecule has 1 amide bonds. The molecule has 30 heavy (non-hydrogen) atoms. The number of benzene rings is 2. The highest BCUT2D eigenvalue weighted by Gasteiger charge is 2.20. The lowest BCUT2D eigenvalue weighted by atomic mass is 10.0. The van der Waals surface area contributed by atoms with Crippen LogP contribution in [0.1, 0.15) is 22.3 Å². The zero-order valence-electron chi connectivity index (χ0n) is 16.4. The van der Waals surface area contributed by atoms with Gasteiger partial charge in [0.2, 0.25) is 5.91 Å². The molecule has 0 unspecified atom stereocenters. The smallest absolute Gasteiger partial charge is 0.340 e. The number of carbonyl (C=O) groups is 2. The lowest BCUT2D eigenvalue weighted by Crippen LogP contribution is -2.49. The Hall–Kier alpha value is -3.81. The van der Waals surface area contributed by atoms with Crippen LogP contribution in [-0.4, -0.2) is 28.1 Å². The summed E-state index contributed by atoms with van der Waals surface area (Å²) in [5.41, 5.74) is 1.17. The van der Waals surface area contributed by atoms with Crippen molar-refractivity contribution in [2.45, 2.75) is 32.7 Å². The van der Waals surface area contributed by atoms with Crippen molar-refractivity contribution in [3.8, 4) is 11.5 Å². The number of rotatable bonds is 6. The maximum atomic E-state index is 12.5. The van der Waals surface area contributed by atoms with Crippen LogP contribution in [0.25, 0.3) is 11.0 Å². The molecule has 0 fully saturated rings. The first-order chi connectivity index (χ1) is 14.2. The second-order valence-electron chi connectivity index (χ2n) is 7.14. The van der Waals surface area contributed by atoms with Gasteiger partial charge in [0.1, 0.15) is 17.1 Å². The molecule has 1 aromatic heterocycles. The third kappa shape index (κ3) is 4.43. The minimum atomic E-state index is -1.48. The first-order valence-electron chi connectivity index (χ1n) is 9.19. The maximum Gasteiger partial charge on any atom is 0.340 e. The molecule has 0 aliphatic heterocycles. The molecule has 0 aliphatic rings. The van der Waals surface area contributed by atoms with Crippen LogP contribution in [-0.2, 0) is 22.4 Å². The van der Waals surface area contributed by atoms with Crippen LogP contribution in [0, 0.1) is 13.8 Å². The number of hydrogen-bond donors (Lipinski definition) is 3. The van der Waals surface area contributed by atoms with Crippen molar-refractivity contribution in [1.82, 2.24) is 5.32 Å². The van der Waals surface area contributed by atoms with E-state index < -0.39 is 30.0 Å². The number of fused-ring (bicyclic) bond motifs is 1. The fourth-order valence-corrected chi connectivity index (χ4v) is 3.33. The topological polar surface area (TPSA) is 140 Å². The Morgan fingerprint density at radius 1 is 1.13 bits per heavy atom. The van der Waals surface area contributed by atoms with Gasteiger partial charge >= 0.3 is 5.63 Å². The van der Waals surface area contributed by atoms with E-state index in [0.717, 1.165) is 0 Å². The Morgan fingerprint density at radius 3 is 2.43 bits per heavy atom. The maximum absolute atomic E-state index is 12.5. The number of aliphatic carboxylic acids is 1. The van der Waals surface area contributed by atoms with Gasteiger partial charge in [-0.05, 0) is 61.2 Å². The third-order valence-corrected chi connectivity index (χ3v) is 4.84. The molecular weight excluding hydrogens is 390 g/mol. The molecule has 1 heterocycles. The summed E-state index contributed by atoms with van der Waals surface area (Å²) in [4.78, 5) is 36.3. The summed E-state index contributed by atoms with van der Waals surface area (Å²) in [5, 5.41) is 33.7. The second kappa shape index (κ2) is 8.28. The van der Waals surface area contributed by atoms with Gasteiger partial charge in [-0.25, -0.2) is 4.79 Å². The molecule has 156 valence electrons. The number of phenols is 2. The van der Waals surface area contributed by atoms with Crippen molar-refractivity contribution in [2.75, 3.05) is 0 Å². The average Bonchev–Trinajstić information content (AvgIpc) is 2.65. The van der Waals surface area contributed by atoms with Crippen LogP contribution in [0.4, 0.5) is 0 Å². The van der Waals surface area contributed by atoms with E-state index in [9.17, 15) is 29.7 Å². The monoisotopic (exact) mass is 410 g/mol. The van der Waals surface area contributed by atoms with Gasteiger partial charge in [0.05, 0.1) is 29.4 Å². The number of phenolic OH excluding ortho intramolecular Hbond substituents is 2. The minimum absolute atomic E-state index is 0.0286. The molecule has 1 atom stereocenters. The summed E-state index contributed by atoms with van der Waals surface area (Å²) in [6.07, 6.45) is -0.476. The fourth-order valence-electron chi connectivity index (χ4n) is 3.33. The summed E-state index contributed by atoms with van der Waals surface area (Å²) < 4.78 is 5.25. The van der Waals surface area contributed by atoms with E-state index in [1.165, 1.54) is 30.3 Å². The van der Waals surface area contributed by atoms with Gasteiger partial charge in [0, 0.05) is 0 Å². The van der Waals surface area contributed by atoms with Gasteiger partial charge < -0.3 is 29.8 Å². The highest BCUT2D eigenvalue weighted by atomic mass is 16.4. The van der Waals surface area contributed by atoms with E-state index in [1.807, 2.05) is 0 Å². The van der Waals surface area contributed by atoms with Crippen LogP contribution in [0.15, 0.2) is 45.6 Å². The predicted molar refractivity (Wildman–Crippen MR) is 106 cm³/mol. The quantitative estimate of drug-likeness (QED) is 0.512. The zero-order chi connectivity index (χ0) is 22.0. The van der Waals surface area contributed by atoms with Crippen LogP contribution in [0.2, 0.25) is 0 Å². The molecule has 2 aromatic carbocycles. The summed E-state index contributed by atoms with van der Waals surface area (Å²) in [6, 6.07) is 7.67. The molecular formula is C22H20NO7-. The van der Waals surface area contributed by atoms with E-state index in [4.69, 9.17) is 4.42 Å². The Kier molecular flexibility index (Phi) is 5.77. The molecule has 0 aliphatic carbocycles. The molecule has 0 radical (unpaired) electrons. The van der Waals surface area contributed by atoms with E-state index >= 15 is 0 Å². The van der Waals surface area contributed by atoms with Crippen molar-refractivity contribution in [1.29, 1.82) is 0 Å². The van der Waals surface area contributed by atoms with Crippen LogP contribution >= 0.6 is 0 Å². The molecule has 0 spiro atoms. The van der Waals surface area contributed by atoms with Crippen LogP contribution in [0.5, 0.6) is 11.5 Å². The number of amides is 1. The molecule has 0 saturated carbocycles. The van der Waals surface area contributed by atoms with Gasteiger partial charge in [-0.1, -0.05) is 12.1 Å². The molecule has 3 N–H and O–H groups in total. The van der Waals surface area contributed by atoms with Crippen LogP contribution in [0.3, 0.4) is 0 Å². The van der Waals surface area contributed by atoms with Crippen LogP contribution < -0.4 is 16.0 Å². The number of aromatic hydroxyl groups is 2. The van der Waals surface area contributed by atoms with Crippen molar-refractivity contribution in [3.05, 3.63) is 69.1 Å². The standard InChI is InChI=1S/C22H21NO7/c1-11-7-17(25)20-12(2)15(22(29)30-18(20)8-11)10-19(26)23-16(21(27)28)9-13-3-5-14(24)6-4-13/h3-8,16,24-25H,9-10H2,1-2H3,(H,23,26)(H,27,28)/p-1/t16-/m0/s1. The van der Waals surface area contributed by atoms with Crippen molar-refractivity contribution in [3.63, 3.8) is 0 Å². The first-order valence-corrected chi connectivity index (χ1v) is 9.19. The fraction of sp³-hybridized carbons (Fsp3) is 0.227. The number of aryl methyl sites for hydroxylation is 2. The SMILES string of the molecule is Cc1cc(O)c2c(C)c(CC(=O)N[C@@H](Cc3ccc(O)cc3)C(=O)[O-])c(=O)oc2c1. The largest absolute Gasteiger partial charge is 0.548 e. The Morgan fingerprint density at radius 2 is 1.80 bits per heavy atom. The molecule has 0 saturated heterocycles. The van der Waals surface area contributed by atoms with Gasteiger partial charge in [0.15, 0.2) is 0 Å². The lowest BCUT2D eigenvalue weighted by molar-refractivity contribution is -0.308. The van der Waals surface area contributed by atoms with E-state index in [-0.39, 0.29) is 29.1 Å².